The molecule has 8 heteroatoms. The fraction of sp³-hybridized carbons (Fsp3) is 0.167. The van der Waals surface area contributed by atoms with Crippen molar-refractivity contribution < 1.29 is 23.1 Å². The second-order valence-corrected chi connectivity index (χ2v) is 6.33. The molecule has 26 heavy (non-hydrogen) atoms. The summed E-state index contributed by atoms with van der Waals surface area (Å²) in [6, 6.07) is 14.2. The van der Waals surface area contributed by atoms with E-state index in [1.807, 2.05) is 30.3 Å². The zero-order chi connectivity index (χ0) is 18.2. The first-order valence-corrected chi connectivity index (χ1v) is 8.76. The molecule has 2 rings (SSSR count). The van der Waals surface area contributed by atoms with Gasteiger partial charge in [-0.15, -0.1) is 0 Å². The van der Waals surface area contributed by atoms with Crippen LogP contribution in [0.2, 0.25) is 0 Å². The van der Waals surface area contributed by atoms with Crippen molar-refractivity contribution in [2.24, 2.45) is 0 Å². The number of benzene rings is 2. The molecule has 0 aliphatic rings. The second kappa shape index (κ2) is 11.0. The molecule has 2 N–H and O–H groups in total. The van der Waals surface area contributed by atoms with E-state index in [9.17, 15) is 13.2 Å². The minimum atomic E-state index is -2.76. The van der Waals surface area contributed by atoms with E-state index in [4.69, 9.17) is 9.84 Å². The number of carbonyl (C=O) groups is 1. The monoisotopic (exact) mass is 385 g/mol. The van der Waals surface area contributed by atoms with E-state index in [0.717, 1.165) is 5.56 Å². The predicted molar refractivity (Wildman–Crippen MR) is 105 cm³/mol. The van der Waals surface area contributed by atoms with Crippen molar-refractivity contribution in [3.8, 4) is 5.75 Å². The SMILES string of the molecule is COc1ccc(C(C=Cc2ccccc2)[SH](=O)=O)cc1NCC(=O)O.[NaH]. The molecule has 0 bridgehead atoms. The van der Waals surface area contributed by atoms with Crippen LogP contribution >= 0.6 is 0 Å². The Labute approximate surface area is 176 Å². The molecule has 0 amide bonds. The summed E-state index contributed by atoms with van der Waals surface area (Å²) in [7, 11) is -1.30. The van der Waals surface area contributed by atoms with Crippen molar-refractivity contribution in [1.29, 1.82) is 0 Å². The Morgan fingerprint density at radius 2 is 1.92 bits per heavy atom. The molecule has 1 atom stereocenters. The van der Waals surface area contributed by atoms with Gasteiger partial charge < -0.3 is 15.2 Å². The van der Waals surface area contributed by atoms with E-state index in [2.05, 4.69) is 5.32 Å². The molecule has 0 fully saturated rings. The normalized spacial score (nSPS) is 11.8. The van der Waals surface area contributed by atoms with Crippen molar-refractivity contribution in [3.63, 3.8) is 0 Å². The van der Waals surface area contributed by atoms with Crippen LogP contribution in [0.3, 0.4) is 0 Å². The van der Waals surface area contributed by atoms with Crippen LogP contribution in [-0.4, -0.2) is 62.7 Å². The van der Waals surface area contributed by atoms with E-state index < -0.39 is 21.9 Å². The third-order valence-electron chi connectivity index (χ3n) is 3.49. The zero-order valence-electron chi connectivity index (χ0n) is 13.6. The number of ether oxygens (including phenoxy) is 1. The molecule has 134 valence electrons. The molecule has 0 heterocycles. The number of nitrogens with one attached hydrogen (secondary N) is 1. The average Bonchev–Trinajstić information content (AvgIpc) is 2.60. The molecule has 0 saturated carbocycles. The van der Waals surface area contributed by atoms with Gasteiger partial charge in [0.15, 0.2) is 10.7 Å². The number of hydrogen-bond donors (Lipinski definition) is 3. The number of rotatable bonds is 8. The minimum absolute atomic E-state index is 0. The van der Waals surface area contributed by atoms with Gasteiger partial charge in [0.1, 0.15) is 17.5 Å². The van der Waals surface area contributed by atoms with Gasteiger partial charge in [-0.2, -0.15) is 0 Å². The summed E-state index contributed by atoms with van der Waals surface area (Å²) in [6.45, 7) is -0.298. The first kappa shape index (κ1) is 22.2. The van der Waals surface area contributed by atoms with Crippen molar-refractivity contribution in [1.82, 2.24) is 0 Å². The number of thiol groups is 1. The van der Waals surface area contributed by atoms with Crippen LogP contribution in [0.1, 0.15) is 16.4 Å². The molecule has 0 saturated heterocycles. The van der Waals surface area contributed by atoms with Gasteiger partial charge in [-0.1, -0.05) is 48.6 Å². The Balaban J connectivity index is 0.00000338. The fourth-order valence-electron chi connectivity index (χ4n) is 2.29. The van der Waals surface area contributed by atoms with Gasteiger partial charge in [-0.3, -0.25) is 4.79 Å². The third kappa shape index (κ3) is 6.49. The molecule has 6 nitrogen and oxygen atoms in total. The molecule has 0 spiro atoms. The summed E-state index contributed by atoms with van der Waals surface area (Å²) in [5.74, 6) is -0.584. The van der Waals surface area contributed by atoms with Crippen LogP contribution in [0.5, 0.6) is 5.75 Å². The molecular formula is C18H20NNaO5S. The van der Waals surface area contributed by atoms with Crippen molar-refractivity contribution in [2.45, 2.75) is 5.25 Å². The number of carboxylic acid groups (broad SMARTS) is 1. The molecular weight excluding hydrogens is 365 g/mol. The fourth-order valence-corrected chi connectivity index (χ4v) is 2.92. The summed E-state index contributed by atoms with van der Waals surface area (Å²) in [6.07, 6.45) is 3.34. The molecule has 0 aliphatic carbocycles. The van der Waals surface area contributed by atoms with Gasteiger partial charge >= 0.3 is 35.5 Å². The zero-order valence-corrected chi connectivity index (χ0v) is 14.5. The Morgan fingerprint density at radius 3 is 2.50 bits per heavy atom. The molecule has 0 radical (unpaired) electrons. The Hall–Kier alpha value is -1.80. The molecule has 2 aromatic carbocycles. The van der Waals surface area contributed by atoms with Crippen molar-refractivity contribution >= 4 is 58.0 Å². The first-order chi connectivity index (χ1) is 12.0. The van der Waals surface area contributed by atoms with E-state index in [0.29, 0.717) is 17.0 Å². The van der Waals surface area contributed by atoms with Crippen LogP contribution in [0, 0.1) is 0 Å². The third-order valence-corrected chi connectivity index (χ3v) is 4.42. The van der Waals surface area contributed by atoms with Crippen LogP contribution in [0.15, 0.2) is 54.6 Å². The summed E-state index contributed by atoms with van der Waals surface area (Å²) in [5, 5.41) is 10.7. The second-order valence-electron chi connectivity index (χ2n) is 5.21. The summed E-state index contributed by atoms with van der Waals surface area (Å²) in [5.41, 5.74) is 1.84. The summed E-state index contributed by atoms with van der Waals surface area (Å²) < 4.78 is 28.6. The summed E-state index contributed by atoms with van der Waals surface area (Å²) in [4.78, 5) is 10.7. The maximum atomic E-state index is 11.7. The van der Waals surface area contributed by atoms with E-state index >= 15 is 0 Å². The quantitative estimate of drug-likeness (QED) is 0.475. The van der Waals surface area contributed by atoms with Gasteiger partial charge in [0, 0.05) is 0 Å². The van der Waals surface area contributed by atoms with Gasteiger partial charge in [-0.05, 0) is 23.3 Å². The Bertz CT molecular complexity index is 829. The molecule has 0 aromatic heterocycles. The van der Waals surface area contributed by atoms with Gasteiger partial charge in [0.05, 0.1) is 12.8 Å². The standard InChI is InChI=1S/C18H19NO5S.Na.H/c1-24-16-9-8-14(11-15(16)19-12-18(20)21)17(25(22)23)10-7-13-5-3-2-4-6-13;;/h2-11,17,19,25H,12H2,1H3,(H,20,21);;. The van der Waals surface area contributed by atoms with Crippen LogP contribution in [0.4, 0.5) is 5.69 Å². The number of anilines is 1. The maximum absolute atomic E-state index is 11.7. The van der Waals surface area contributed by atoms with E-state index in [1.54, 1.807) is 30.4 Å². The van der Waals surface area contributed by atoms with Crippen molar-refractivity contribution in [3.05, 3.63) is 65.7 Å². The Morgan fingerprint density at radius 1 is 1.23 bits per heavy atom. The van der Waals surface area contributed by atoms with E-state index in [1.165, 1.54) is 7.11 Å². The van der Waals surface area contributed by atoms with Gasteiger partial charge in [0.2, 0.25) is 0 Å². The van der Waals surface area contributed by atoms with Gasteiger partial charge in [-0.25, -0.2) is 8.42 Å². The van der Waals surface area contributed by atoms with Crippen LogP contribution in [0.25, 0.3) is 6.08 Å². The number of hydrogen-bond acceptors (Lipinski definition) is 5. The average molecular weight is 385 g/mol. The summed E-state index contributed by atoms with van der Waals surface area (Å²) >= 11 is 0. The topological polar surface area (TPSA) is 92.7 Å². The Kier molecular flexibility index (Phi) is 9.43. The predicted octanol–water partition coefficient (Wildman–Crippen LogP) is 1.91. The molecule has 1 unspecified atom stereocenters. The van der Waals surface area contributed by atoms with E-state index in [-0.39, 0.29) is 36.1 Å². The number of methoxy groups -OCH3 is 1. The first-order valence-electron chi connectivity index (χ1n) is 7.51. The van der Waals surface area contributed by atoms with Crippen molar-refractivity contribution in [2.75, 3.05) is 19.0 Å². The molecule has 0 aliphatic heterocycles. The number of aliphatic carboxylic acids is 1. The number of carboxylic acids is 1. The van der Waals surface area contributed by atoms with Gasteiger partial charge in [0.25, 0.3) is 0 Å². The molecule has 2 aromatic rings. The van der Waals surface area contributed by atoms with Crippen LogP contribution < -0.4 is 10.1 Å². The van der Waals surface area contributed by atoms with Crippen LogP contribution in [-0.2, 0) is 15.5 Å².